The van der Waals surface area contributed by atoms with Crippen LogP contribution in [0.4, 0.5) is 0 Å². The summed E-state index contributed by atoms with van der Waals surface area (Å²) in [6, 6.07) is 8.06. The summed E-state index contributed by atoms with van der Waals surface area (Å²) in [4.78, 5) is 11.6. The van der Waals surface area contributed by atoms with Crippen molar-refractivity contribution in [2.45, 2.75) is 38.6 Å². The zero-order valence-corrected chi connectivity index (χ0v) is 11.8. The Bertz CT molecular complexity index is 391. The van der Waals surface area contributed by atoms with E-state index in [1.54, 1.807) is 7.11 Å². The molecule has 1 aromatic carbocycles. The van der Waals surface area contributed by atoms with E-state index < -0.39 is 0 Å². The Balaban J connectivity index is 2.20. The molecule has 0 bridgehead atoms. The van der Waals surface area contributed by atoms with Gasteiger partial charge >= 0.3 is 0 Å². The smallest absolute Gasteiger partial charge is 0.220 e. The molecule has 1 atom stereocenters. The molecule has 1 rings (SSSR count). The van der Waals surface area contributed by atoms with E-state index in [-0.39, 0.29) is 11.9 Å². The lowest BCUT2D eigenvalue weighted by Gasteiger charge is -2.07. The van der Waals surface area contributed by atoms with Crippen LogP contribution in [0, 0.1) is 0 Å². The van der Waals surface area contributed by atoms with E-state index in [0.29, 0.717) is 13.0 Å². The second-order valence-corrected chi connectivity index (χ2v) is 4.82. The monoisotopic (exact) mass is 264 g/mol. The lowest BCUT2D eigenvalue weighted by Crippen LogP contribution is -2.26. The second kappa shape index (κ2) is 8.53. The summed E-state index contributed by atoms with van der Waals surface area (Å²) < 4.78 is 5.16. The number of ether oxygens (including phenoxy) is 1. The first-order valence-electron chi connectivity index (χ1n) is 6.77. The molecule has 0 heterocycles. The average Bonchev–Trinajstić information content (AvgIpc) is 2.38. The quantitative estimate of drug-likeness (QED) is 0.753. The zero-order chi connectivity index (χ0) is 14.1. The topological polar surface area (TPSA) is 64.3 Å². The summed E-state index contributed by atoms with van der Waals surface area (Å²) in [7, 11) is 1.65. The number of hydrogen-bond acceptors (Lipinski definition) is 3. The number of rotatable bonds is 8. The number of nitrogens with one attached hydrogen (secondary N) is 1. The zero-order valence-electron chi connectivity index (χ0n) is 11.8. The third-order valence-electron chi connectivity index (χ3n) is 2.93. The normalized spacial score (nSPS) is 11.9. The summed E-state index contributed by atoms with van der Waals surface area (Å²) >= 11 is 0. The summed E-state index contributed by atoms with van der Waals surface area (Å²) in [5.41, 5.74) is 6.80. The fourth-order valence-electron chi connectivity index (χ4n) is 1.85. The van der Waals surface area contributed by atoms with Gasteiger partial charge in [0.1, 0.15) is 5.75 Å². The van der Waals surface area contributed by atoms with E-state index in [1.807, 2.05) is 31.2 Å². The third kappa shape index (κ3) is 6.82. The van der Waals surface area contributed by atoms with E-state index in [9.17, 15) is 4.79 Å². The fourth-order valence-corrected chi connectivity index (χ4v) is 1.85. The maximum atomic E-state index is 11.6. The number of nitrogens with two attached hydrogens (primary N) is 1. The van der Waals surface area contributed by atoms with E-state index in [0.717, 1.165) is 30.6 Å². The Labute approximate surface area is 115 Å². The van der Waals surface area contributed by atoms with Gasteiger partial charge in [0, 0.05) is 19.0 Å². The molecule has 1 amide bonds. The minimum Gasteiger partial charge on any atom is -0.497 e. The number of carbonyl (C=O) groups is 1. The molecule has 4 nitrogen and oxygen atoms in total. The maximum absolute atomic E-state index is 11.6. The van der Waals surface area contributed by atoms with Gasteiger partial charge in [0.2, 0.25) is 5.91 Å². The summed E-state index contributed by atoms with van der Waals surface area (Å²) in [6.07, 6.45) is 3.11. The molecule has 0 radical (unpaired) electrons. The van der Waals surface area contributed by atoms with Crippen molar-refractivity contribution in [1.82, 2.24) is 5.32 Å². The number of benzene rings is 1. The molecule has 106 valence electrons. The van der Waals surface area contributed by atoms with Crippen LogP contribution in [0.5, 0.6) is 5.75 Å². The van der Waals surface area contributed by atoms with Gasteiger partial charge < -0.3 is 15.8 Å². The number of amides is 1. The number of hydrogen-bond donors (Lipinski definition) is 2. The molecule has 1 unspecified atom stereocenters. The van der Waals surface area contributed by atoms with Crippen LogP contribution < -0.4 is 15.8 Å². The molecule has 0 saturated heterocycles. The Morgan fingerprint density at radius 3 is 2.95 bits per heavy atom. The second-order valence-electron chi connectivity index (χ2n) is 4.82. The summed E-state index contributed by atoms with van der Waals surface area (Å²) in [6.45, 7) is 2.62. The molecular weight excluding hydrogens is 240 g/mol. The first-order chi connectivity index (χ1) is 9.11. The van der Waals surface area contributed by atoms with Gasteiger partial charge in [0.15, 0.2) is 0 Å². The SMILES string of the molecule is COc1cccc(CCNC(=O)CCCC(C)N)c1. The van der Waals surface area contributed by atoms with E-state index in [4.69, 9.17) is 10.5 Å². The van der Waals surface area contributed by atoms with Gasteiger partial charge in [-0.25, -0.2) is 0 Å². The first-order valence-corrected chi connectivity index (χ1v) is 6.77. The minimum absolute atomic E-state index is 0.101. The van der Waals surface area contributed by atoms with Gasteiger partial charge in [0.05, 0.1) is 7.11 Å². The lowest BCUT2D eigenvalue weighted by molar-refractivity contribution is -0.121. The predicted molar refractivity (Wildman–Crippen MR) is 77.2 cm³/mol. The average molecular weight is 264 g/mol. The molecule has 1 aromatic rings. The molecular formula is C15H24N2O2. The predicted octanol–water partition coefficient (Wildman–Crippen LogP) is 1.87. The third-order valence-corrected chi connectivity index (χ3v) is 2.93. The van der Waals surface area contributed by atoms with Crippen LogP contribution in [0.25, 0.3) is 0 Å². The highest BCUT2D eigenvalue weighted by Crippen LogP contribution is 2.12. The minimum atomic E-state index is 0.101. The van der Waals surface area contributed by atoms with Crippen LogP contribution in [-0.4, -0.2) is 25.6 Å². The Morgan fingerprint density at radius 1 is 1.47 bits per heavy atom. The number of methoxy groups -OCH3 is 1. The molecule has 0 fully saturated rings. The van der Waals surface area contributed by atoms with Gasteiger partial charge in [-0.15, -0.1) is 0 Å². The van der Waals surface area contributed by atoms with Crippen LogP contribution >= 0.6 is 0 Å². The molecule has 0 saturated carbocycles. The summed E-state index contributed by atoms with van der Waals surface area (Å²) in [5, 5.41) is 2.92. The molecule has 3 N–H and O–H groups in total. The Hall–Kier alpha value is -1.55. The van der Waals surface area contributed by atoms with Crippen LogP contribution in [0.3, 0.4) is 0 Å². The van der Waals surface area contributed by atoms with Gasteiger partial charge in [-0.2, -0.15) is 0 Å². The van der Waals surface area contributed by atoms with Crippen molar-refractivity contribution in [3.63, 3.8) is 0 Å². The Kier molecular flexibility index (Phi) is 6.97. The van der Waals surface area contributed by atoms with Crippen LogP contribution in [0.15, 0.2) is 24.3 Å². The van der Waals surface area contributed by atoms with E-state index in [2.05, 4.69) is 5.32 Å². The first kappa shape index (κ1) is 15.5. The molecule has 4 heteroatoms. The van der Waals surface area contributed by atoms with Crippen molar-refractivity contribution >= 4 is 5.91 Å². The molecule has 0 aliphatic rings. The van der Waals surface area contributed by atoms with Crippen molar-refractivity contribution in [2.24, 2.45) is 5.73 Å². The van der Waals surface area contributed by atoms with Crippen molar-refractivity contribution in [1.29, 1.82) is 0 Å². The highest BCUT2D eigenvalue weighted by atomic mass is 16.5. The van der Waals surface area contributed by atoms with Crippen LogP contribution in [0.1, 0.15) is 31.7 Å². The molecule has 19 heavy (non-hydrogen) atoms. The lowest BCUT2D eigenvalue weighted by atomic mass is 10.1. The largest absolute Gasteiger partial charge is 0.497 e. The van der Waals surface area contributed by atoms with Crippen LogP contribution in [0.2, 0.25) is 0 Å². The molecule has 0 aromatic heterocycles. The summed E-state index contributed by atoms with van der Waals surface area (Å²) in [5.74, 6) is 0.948. The van der Waals surface area contributed by atoms with Gasteiger partial charge in [-0.05, 0) is 43.9 Å². The maximum Gasteiger partial charge on any atom is 0.220 e. The molecule has 0 spiro atoms. The van der Waals surface area contributed by atoms with Crippen molar-refractivity contribution in [3.05, 3.63) is 29.8 Å². The van der Waals surface area contributed by atoms with E-state index >= 15 is 0 Å². The Morgan fingerprint density at radius 2 is 2.26 bits per heavy atom. The van der Waals surface area contributed by atoms with Crippen LogP contribution in [-0.2, 0) is 11.2 Å². The molecule has 0 aliphatic carbocycles. The van der Waals surface area contributed by atoms with Gasteiger partial charge in [-0.1, -0.05) is 12.1 Å². The standard InChI is InChI=1S/C15H24N2O2/c1-12(16)5-3-8-15(18)17-10-9-13-6-4-7-14(11-13)19-2/h4,6-7,11-12H,3,5,8-10,16H2,1-2H3,(H,17,18). The van der Waals surface area contributed by atoms with Crippen molar-refractivity contribution in [2.75, 3.05) is 13.7 Å². The highest BCUT2D eigenvalue weighted by molar-refractivity contribution is 5.75. The van der Waals surface area contributed by atoms with Gasteiger partial charge in [-0.3, -0.25) is 4.79 Å². The van der Waals surface area contributed by atoms with Gasteiger partial charge in [0.25, 0.3) is 0 Å². The van der Waals surface area contributed by atoms with Crippen molar-refractivity contribution in [3.8, 4) is 5.75 Å². The fraction of sp³-hybridized carbons (Fsp3) is 0.533. The molecule has 0 aliphatic heterocycles. The van der Waals surface area contributed by atoms with Crippen molar-refractivity contribution < 1.29 is 9.53 Å². The van der Waals surface area contributed by atoms with E-state index in [1.165, 1.54) is 0 Å². The highest BCUT2D eigenvalue weighted by Gasteiger charge is 2.02. The number of carbonyl (C=O) groups excluding carboxylic acids is 1.